The molecule has 1 aromatic carbocycles. The van der Waals surface area contributed by atoms with Gasteiger partial charge in [-0.2, -0.15) is 5.26 Å². The number of hydrogen-bond donors (Lipinski definition) is 1. The van der Waals surface area contributed by atoms with Gasteiger partial charge in [-0.05, 0) is 30.0 Å². The summed E-state index contributed by atoms with van der Waals surface area (Å²) in [5, 5.41) is 19.8. The summed E-state index contributed by atoms with van der Waals surface area (Å²) in [6, 6.07) is 8.03. The number of benzene rings is 1. The van der Waals surface area contributed by atoms with Crippen LogP contribution in [0.1, 0.15) is 20.8 Å². The number of nitrogens with zero attached hydrogens (tertiary/aromatic N) is 2. The highest BCUT2D eigenvalue weighted by Crippen LogP contribution is 2.37. The predicted molar refractivity (Wildman–Crippen MR) is 79.3 cm³/mol. The largest absolute Gasteiger partial charge is 0.477 e. The van der Waals surface area contributed by atoms with Crippen molar-refractivity contribution in [3.63, 3.8) is 0 Å². The van der Waals surface area contributed by atoms with Crippen molar-refractivity contribution in [2.24, 2.45) is 0 Å². The van der Waals surface area contributed by atoms with Crippen LogP contribution in [0, 0.1) is 18.3 Å². The highest BCUT2D eigenvalue weighted by Gasteiger charge is 2.14. The number of hydrogen-bond acceptors (Lipinski definition) is 5. The normalized spacial score (nSPS) is 10.6. The second-order valence-electron chi connectivity index (χ2n) is 4.29. The number of carbonyl (C=O) groups is 1. The van der Waals surface area contributed by atoms with Crippen LogP contribution in [0.4, 0.5) is 0 Å². The zero-order chi connectivity index (χ0) is 14.3. The van der Waals surface area contributed by atoms with Crippen LogP contribution in [0.25, 0.3) is 20.0 Å². The minimum atomic E-state index is -0.969. The lowest BCUT2D eigenvalue weighted by Crippen LogP contribution is -1.89. The van der Waals surface area contributed by atoms with E-state index in [0.717, 1.165) is 31.9 Å². The summed E-state index contributed by atoms with van der Waals surface area (Å²) in [7, 11) is 0. The molecular formula is C14H8N2O2S2. The minimum Gasteiger partial charge on any atom is -0.477 e. The first-order chi connectivity index (χ1) is 9.58. The molecule has 20 heavy (non-hydrogen) atoms. The second-order valence-corrected chi connectivity index (χ2v) is 6.37. The Balaban J connectivity index is 2.17. The Kier molecular flexibility index (Phi) is 3.01. The summed E-state index contributed by atoms with van der Waals surface area (Å²) in [5.74, 6) is -0.969. The summed E-state index contributed by atoms with van der Waals surface area (Å²) < 4.78 is 0.917. The first kappa shape index (κ1) is 12.8. The van der Waals surface area contributed by atoms with Gasteiger partial charge < -0.3 is 5.11 Å². The van der Waals surface area contributed by atoms with Gasteiger partial charge in [-0.3, -0.25) is 0 Å². The summed E-state index contributed by atoms with van der Waals surface area (Å²) in [5.41, 5.74) is 1.68. The van der Waals surface area contributed by atoms with Crippen LogP contribution in [0.5, 0.6) is 0 Å². The molecule has 6 heteroatoms. The molecule has 3 rings (SSSR count). The van der Waals surface area contributed by atoms with Crippen molar-refractivity contribution >= 4 is 38.7 Å². The van der Waals surface area contributed by atoms with Gasteiger partial charge in [-0.25, -0.2) is 9.78 Å². The van der Waals surface area contributed by atoms with E-state index in [9.17, 15) is 10.1 Å². The predicted octanol–water partition coefficient (Wildman–Crippen LogP) is 3.90. The van der Waals surface area contributed by atoms with E-state index in [1.165, 1.54) is 17.5 Å². The molecule has 0 spiro atoms. The molecule has 2 aromatic heterocycles. The van der Waals surface area contributed by atoms with Crippen LogP contribution in [0.2, 0.25) is 0 Å². The highest BCUT2D eigenvalue weighted by atomic mass is 32.1. The van der Waals surface area contributed by atoms with Crippen molar-refractivity contribution in [3.8, 4) is 16.0 Å². The van der Waals surface area contributed by atoms with Crippen molar-refractivity contribution < 1.29 is 9.90 Å². The van der Waals surface area contributed by atoms with Gasteiger partial charge in [0.05, 0.1) is 21.3 Å². The molecule has 0 fully saturated rings. The second kappa shape index (κ2) is 4.71. The number of thiazole rings is 1. The Labute approximate surface area is 122 Å². The van der Waals surface area contributed by atoms with Gasteiger partial charge in [0.1, 0.15) is 16.0 Å². The zero-order valence-electron chi connectivity index (χ0n) is 10.4. The lowest BCUT2D eigenvalue weighted by molar-refractivity contribution is 0.0702. The van der Waals surface area contributed by atoms with E-state index in [2.05, 4.69) is 11.1 Å². The van der Waals surface area contributed by atoms with Crippen LogP contribution < -0.4 is 0 Å². The smallest absolute Gasteiger partial charge is 0.347 e. The Morgan fingerprint density at radius 3 is 2.80 bits per heavy atom. The minimum absolute atomic E-state index is 0.217. The van der Waals surface area contributed by atoms with E-state index in [1.807, 2.05) is 25.1 Å². The molecule has 3 aromatic rings. The Hall–Kier alpha value is -2.23. The summed E-state index contributed by atoms with van der Waals surface area (Å²) in [4.78, 5) is 16.1. The van der Waals surface area contributed by atoms with Gasteiger partial charge in [0.15, 0.2) is 0 Å². The Morgan fingerprint density at radius 2 is 2.15 bits per heavy atom. The summed E-state index contributed by atoms with van der Waals surface area (Å²) in [6.07, 6.45) is 1.36. The maximum atomic E-state index is 10.9. The molecule has 98 valence electrons. The van der Waals surface area contributed by atoms with Gasteiger partial charge in [-0.15, -0.1) is 22.7 Å². The molecule has 0 bridgehead atoms. The molecular weight excluding hydrogens is 292 g/mol. The third-order valence-electron chi connectivity index (χ3n) is 2.81. The van der Waals surface area contributed by atoms with Crippen molar-refractivity contribution in [2.75, 3.05) is 0 Å². The maximum absolute atomic E-state index is 10.9. The van der Waals surface area contributed by atoms with Crippen LogP contribution >= 0.6 is 22.7 Å². The average Bonchev–Trinajstić information content (AvgIpc) is 3.03. The molecule has 0 radical (unpaired) electrons. The molecule has 2 heterocycles. The molecule has 0 unspecified atom stereocenters. The van der Waals surface area contributed by atoms with Crippen molar-refractivity contribution in [1.82, 2.24) is 4.98 Å². The molecule has 0 saturated heterocycles. The fraction of sp³-hybridized carbons (Fsp3) is 0.0714. The van der Waals surface area contributed by atoms with Gasteiger partial charge >= 0.3 is 5.97 Å². The molecule has 0 aliphatic rings. The van der Waals surface area contributed by atoms with Gasteiger partial charge in [0.25, 0.3) is 0 Å². The number of thiophene rings is 1. The average molecular weight is 300 g/mol. The fourth-order valence-corrected chi connectivity index (χ4v) is 3.89. The molecule has 0 amide bonds. The standard InChI is InChI=1S/C14H8N2O2S2/c1-7-2-8-4-10(19-12(8)9(3-7)5-15)13-16-6-11(20-13)14(17)18/h2-4,6H,1H3,(H,17,18). The fourth-order valence-electron chi connectivity index (χ4n) is 1.98. The SMILES string of the molecule is Cc1cc(C#N)c2sc(-c3ncc(C(=O)O)s3)cc2c1. The number of aromatic carboxylic acids is 1. The number of aryl methyl sites for hydroxylation is 1. The number of aromatic nitrogens is 1. The van der Waals surface area contributed by atoms with Crippen LogP contribution in [0.15, 0.2) is 24.4 Å². The molecule has 0 atom stereocenters. The van der Waals surface area contributed by atoms with E-state index >= 15 is 0 Å². The van der Waals surface area contributed by atoms with Crippen molar-refractivity contribution in [2.45, 2.75) is 6.92 Å². The molecule has 0 aliphatic carbocycles. The maximum Gasteiger partial charge on any atom is 0.347 e. The van der Waals surface area contributed by atoms with E-state index < -0.39 is 5.97 Å². The summed E-state index contributed by atoms with van der Waals surface area (Å²) >= 11 is 2.61. The van der Waals surface area contributed by atoms with Crippen LogP contribution in [-0.2, 0) is 0 Å². The van der Waals surface area contributed by atoms with Crippen LogP contribution in [-0.4, -0.2) is 16.1 Å². The monoisotopic (exact) mass is 300 g/mol. The van der Waals surface area contributed by atoms with Gasteiger partial charge in [0, 0.05) is 0 Å². The van der Waals surface area contributed by atoms with E-state index in [-0.39, 0.29) is 4.88 Å². The van der Waals surface area contributed by atoms with Crippen molar-refractivity contribution in [3.05, 3.63) is 40.4 Å². The topological polar surface area (TPSA) is 74.0 Å². The third kappa shape index (κ3) is 2.07. The molecule has 0 aliphatic heterocycles. The van der Waals surface area contributed by atoms with E-state index in [0.29, 0.717) is 10.6 Å². The number of carboxylic acids is 1. The van der Waals surface area contributed by atoms with E-state index in [4.69, 9.17) is 5.11 Å². The Morgan fingerprint density at radius 1 is 1.35 bits per heavy atom. The number of fused-ring (bicyclic) bond motifs is 1. The number of rotatable bonds is 2. The first-order valence-corrected chi connectivity index (χ1v) is 7.35. The van der Waals surface area contributed by atoms with Gasteiger partial charge in [-0.1, -0.05) is 6.07 Å². The van der Waals surface area contributed by atoms with E-state index in [1.54, 1.807) is 0 Å². The van der Waals surface area contributed by atoms with Crippen LogP contribution in [0.3, 0.4) is 0 Å². The van der Waals surface area contributed by atoms with Crippen molar-refractivity contribution in [1.29, 1.82) is 5.26 Å². The zero-order valence-corrected chi connectivity index (χ0v) is 12.0. The number of carboxylic acid groups (broad SMARTS) is 1. The quantitative estimate of drug-likeness (QED) is 0.778. The molecule has 1 N–H and O–H groups in total. The summed E-state index contributed by atoms with van der Waals surface area (Å²) in [6.45, 7) is 1.95. The lowest BCUT2D eigenvalue weighted by atomic mass is 10.1. The highest BCUT2D eigenvalue weighted by molar-refractivity contribution is 7.26. The number of nitriles is 1. The first-order valence-electron chi connectivity index (χ1n) is 5.72. The third-order valence-corrected chi connectivity index (χ3v) is 5.15. The molecule has 0 saturated carbocycles. The Bertz CT molecular complexity index is 871. The molecule has 4 nitrogen and oxygen atoms in total. The van der Waals surface area contributed by atoms with Gasteiger partial charge in [0.2, 0.25) is 0 Å². The lowest BCUT2D eigenvalue weighted by Gasteiger charge is -1.95.